The smallest absolute Gasteiger partial charge is 0.260 e. The van der Waals surface area contributed by atoms with Crippen LogP contribution in [0.2, 0.25) is 0 Å². The molecule has 1 heterocycles. The standard InChI is InChI=1S/C25H25N3O2S2/c1-27(2)14-15-28(25-26-22-13-12-21(31-3)17-23(22)32-25)24(29)18-8-7-11-20(16-18)30-19-9-5-4-6-10-19/h4-13,16-17H,14-15H2,1-3H3. The monoisotopic (exact) mass is 463 g/mol. The Morgan fingerprint density at radius 3 is 2.50 bits per heavy atom. The van der Waals surface area contributed by atoms with Crippen molar-refractivity contribution in [2.75, 3.05) is 38.3 Å². The molecule has 0 saturated heterocycles. The summed E-state index contributed by atoms with van der Waals surface area (Å²) in [7, 11) is 4.00. The van der Waals surface area contributed by atoms with Crippen LogP contribution in [0.15, 0.2) is 77.7 Å². The van der Waals surface area contributed by atoms with Gasteiger partial charge in [0.2, 0.25) is 0 Å². The number of thioether (sulfide) groups is 1. The maximum atomic E-state index is 13.6. The summed E-state index contributed by atoms with van der Waals surface area (Å²) in [5, 5.41) is 0.708. The lowest BCUT2D eigenvalue weighted by molar-refractivity contribution is 0.0985. The van der Waals surface area contributed by atoms with Crippen molar-refractivity contribution in [3.63, 3.8) is 0 Å². The quantitative estimate of drug-likeness (QED) is 0.299. The molecule has 0 bridgehead atoms. The Hall–Kier alpha value is -2.87. The van der Waals surface area contributed by atoms with Crippen LogP contribution in [-0.2, 0) is 0 Å². The molecular formula is C25H25N3O2S2. The molecular weight excluding hydrogens is 438 g/mol. The zero-order valence-electron chi connectivity index (χ0n) is 18.3. The maximum Gasteiger partial charge on any atom is 0.260 e. The highest BCUT2D eigenvalue weighted by Crippen LogP contribution is 2.32. The number of thiazole rings is 1. The molecule has 0 radical (unpaired) electrons. The van der Waals surface area contributed by atoms with Gasteiger partial charge in [-0.15, -0.1) is 11.8 Å². The molecule has 7 heteroatoms. The number of aromatic nitrogens is 1. The van der Waals surface area contributed by atoms with Gasteiger partial charge in [0, 0.05) is 23.5 Å². The molecule has 0 spiro atoms. The van der Waals surface area contributed by atoms with Gasteiger partial charge in [-0.3, -0.25) is 9.69 Å². The lowest BCUT2D eigenvalue weighted by atomic mass is 10.2. The molecule has 0 unspecified atom stereocenters. The maximum absolute atomic E-state index is 13.6. The summed E-state index contributed by atoms with van der Waals surface area (Å²) in [6.07, 6.45) is 2.06. The number of carbonyl (C=O) groups excluding carboxylic acids is 1. The van der Waals surface area contributed by atoms with Gasteiger partial charge in [-0.2, -0.15) is 0 Å². The van der Waals surface area contributed by atoms with Crippen LogP contribution in [0.25, 0.3) is 10.2 Å². The number of fused-ring (bicyclic) bond motifs is 1. The molecule has 32 heavy (non-hydrogen) atoms. The molecule has 0 aliphatic rings. The van der Waals surface area contributed by atoms with Crippen molar-refractivity contribution >= 4 is 44.4 Å². The number of carbonyl (C=O) groups is 1. The highest BCUT2D eigenvalue weighted by molar-refractivity contribution is 7.98. The van der Waals surface area contributed by atoms with E-state index < -0.39 is 0 Å². The Morgan fingerprint density at radius 2 is 1.75 bits per heavy atom. The predicted octanol–water partition coefficient (Wildman–Crippen LogP) is 6.02. The minimum Gasteiger partial charge on any atom is -0.457 e. The van der Waals surface area contributed by atoms with Crippen molar-refractivity contribution in [3.05, 3.63) is 78.4 Å². The summed E-state index contributed by atoms with van der Waals surface area (Å²) in [5.74, 6) is 1.27. The Balaban J connectivity index is 1.64. The second-order valence-corrected chi connectivity index (χ2v) is 9.42. The van der Waals surface area contributed by atoms with E-state index in [2.05, 4.69) is 23.3 Å². The van der Waals surface area contributed by atoms with Crippen LogP contribution < -0.4 is 9.64 Å². The van der Waals surface area contributed by atoms with Crippen molar-refractivity contribution < 1.29 is 9.53 Å². The number of hydrogen-bond acceptors (Lipinski definition) is 6. The number of ether oxygens (including phenoxy) is 1. The van der Waals surface area contributed by atoms with E-state index in [4.69, 9.17) is 9.72 Å². The Labute approximate surface area is 196 Å². The lowest BCUT2D eigenvalue weighted by Crippen LogP contribution is -2.36. The first kappa shape index (κ1) is 22.3. The topological polar surface area (TPSA) is 45.7 Å². The number of nitrogens with zero attached hydrogens (tertiary/aromatic N) is 3. The fourth-order valence-corrected chi connectivity index (χ4v) is 4.74. The van der Waals surface area contributed by atoms with E-state index >= 15 is 0 Å². The lowest BCUT2D eigenvalue weighted by Gasteiger charge is -2.22. The normalized spacial score (nSPS) is 11.1. The van der Waals surface area contributed by atoms with E-state index in [1.807, 2.05) is 68.7 Å². The fourth-order valence-electron chi connectivity index (χ4n) is 3.19. The molecule has 0 saturated carbocycles. The number of likely N-dealkylation sites (N-methyl/N-ethyl adjacent to an activating group) is 1. The van der Waals surface area contributed by atoms with Crippen LogP contribution in [0, 0.1) is 0 Å². The first-order valence-corrected chi connectivity index (χ1v) is 12.3. The average Bonchev–Trinajstić information content (AvgIpc) is 3.22. The van der Waals surface area contributed by atoms with Gasteiger partial charge in [-0.25, -0.2) is 4.98 Å². The zero-order chi connectivity index (χ0) is 22.5. The van der Waals surface area contributed by atoms with Gasteiger partial charge in [0.05, 0.1) is 10.2 Å². The number of para-hydroxylation sites is 1. The fraction of sp³-hybridized carbons (Fsp3) is 0.200. The van der Waals surface area contributed by atoms with Gasteiger partial charge in [0.1, 0.15) is 11.5 Å². The predicted molar refractivity (Wildman–Crippen MR) is 135 cm³/mol. The second kappa shape index (κ2) is 10.2. The highest BCUT2D eigenvalue weighted by atomic mass is 32.2. The van der Waals surface area contributed by atoms with E-state index in [1.54, 1.807) is 34.1 Å². The van der Waals surface area contributed by atoms with Crippen LogP contribution in [0.1, 0.15) is 10.4 Å². The Kier molecular flexibility index (Phi) is 7.09. The molecule has 0 N–H and O–H groups in total. The van der Waals surface area contributed by atoms with Crippen LogP contribution >= 0.6 is 23.1 Å². The second-order valence-electron chi connectivity index (χ2n) is 7.53. The van der Waals surface area contributed by atoms with Crippen LogP contribution in [0.5, 0.6) is 11.5 Å². The Morgan fingerprint density at radius 1 is 0.969 bits per heavy atom. The molecule has 4 rings (SSSR count). The van der Waals surface area contributed by atoms with Gasteiger partial charge >= 0.3 is 0 Å². The number of amides is 1. The molecule has 5 nitrogen and oxygen atoms in total. The molecule has 0 aliphatic heterocycles. The van der Waals surface area contributed by atoms with Gasteiger partial charge < -0.3 is 9.64 Å². The van der Waals surface area contributed by atoms with Crippen molar-refractivity contribution in [2.45, 2.75) is 4.90 Å². The van der Waals surface area contributed by atoms with Crippen LogP contribution in [0.3, 0.4) is 0 Å². The van der Waals surface area contributed by atoms with Gasteiger partial charge in [-0.1, -0.05) is 35.6 Å². The first-order valence-electron chi connectivity index (χ1n) is 10.3. The molecule has 1 amide bonds. The number of benzene rings is 3. The van der Waals surface area contributed by atoms with Crippen molar-refractivity contribution in [1.82, 2.24) is 9.88 Å². The third kappa shape index (κ3) is 5.30. The van der Waals surface area contributed by atoms with Crippen molar-refractivity contribution in [3.8, 4) is 11.5 Å². The summed E-state index contributed by atoms with van der Waals surface area (Å²) in [6.45, 7) is 1.28. The SMILES string of the molecule is CSc1ccc2nc(N(CCN(C)C)C(=O)c3cccc(Oc4ccccc4)c3)sc2c1. The average molecular weight is 464 g/mol. The molecule has 164 valence electrons. The number of rotatable bonds is 8. The first-order chi connectivity index (χ1) is 15.5. The summed E-state index contributed by atoms with van der Waals surface area (Å²) in [6, 6.07) is 23.1. The van der Waals surface area contributed by atoms with Gasteiger partial charge in [-0.05, 0) is 68.9 Å². The third-order valence-corrected chi connectivity index (χ3v) is 6.66. The zero-order valence-corrected chi connectivity index (χ0v) is 20.0. The minimum atomic E-state index is -0.0884. The van der Waals surface area contributed by atoms with E-state index in [9.17, 15) is 4.79 Å². The van der Waals surface area contributed by atoms with E-state index in [0.29, 0.717) is 23.0 Å². The molecule has 1 aromatic heterocycles. The molecule has 0 fully saturated rings. The highest BCUT2D eigenvalue weighted by Gasteiger charge is 2.22. The largest absolute Gasteiger partial charge is 0.457 e. The summed E-state index contributed by atoms with van der Waals surface area (Å²) in [4.78, 5) is 23.4. The summed E-state index contributed by atoms with van der Waals surface area (Å²) >= 11 is 3.25. The van der Waals surface area contributed by atoms with Crippen LogP contribution in [0.4, 0.5) is 5.13 Å². The van der Waals surface area contributed by atoms with E-state index in [0.717, 1.165) is 22.5 Å². The van der Waals surface area contributed by atoms with E-state index in [-0.39, 0.29) is 5.91 Å². The minimum absolute atomic E-state index is 0.0884. The number of hydrogen-bond donors (Lipinski definition) is 0. The van der Waals surface area contributed by atoms with Gasteiger partial charge in [0.15, 0.2) is 5.13 Å². The molecule has 4 aromatic rings. The van der Waals surface area contributed by atoms with Crippen LogP contribution in [-0.4, -0.2) is 49.2 Å². The van der Waals surface area contributed by atoms with Gasteiger partial charge in [0.25, 0.3) is 5.91 Å². The number of anilines is 1. The third-order valence-electron chi connectivity index (χ3n) is 4.89. The Bertz CT molecular complexity index is 1210. The van der Waals surface area contributed by atoms with Crippen molar-refractivity contribution in [2.24, 2.45) is 0 Å². The summed E-state index contributed by atoms with van der Waals surface area (Å²) < 4.78 is 7.01. The van der Waals surface area contributed by atoms with Crippen molar-refractivity contribution in [1.29, 1.82) is 0 Å². The van der Waals surface area contributed by atoms with E-state index in [1.165, 1.54) is 4.90 Å². The molecule has 0 aliphatic carbocycles. The molecule has 3 aromatic carbocycles. The molecule has 0 atom stereocenters. The summed E-state index contributed by atoms with van der Waals surface area (Å²) in [5.41, 5.74) is 1.48.